The molecule has 2 aromatic rings. The predicted molar refractivity (Wildman–Crippen MR) is 131 cm³/mol. The van der Waals surface area contributed by atoms with Crippen LogP contribution >= 0.6 is 0 Å². The van der Waals surface area contributed by atoms with Crippen molar-refractivity contribution >= 4 is 18.0 Å². The number of hydrogen-bond acceptors (Lipinski definition) is 4. The van der Waals surface area contributed by atoms with Gasteiger partial charge < -0.3 is 20.5 Å². The molecule has 184 valence electrons. The van der Waals surface area contributed by atoms with Gasteiger partial charge in [-0.1, -0.05) is 48.5 Å². The van der Waals surface area contributed by atoms with Gasteiger partial charge in [0.25, 0.3) is 0 Å². The highest BCUT2D eigenvalue weighted by molar-refractivity contribution is 5.79. The summed E-state index contributed by atoms with van der Waals surface area (Å²) >= 11 is 0. The molecule has 0 aromatic heterocycles. The number of carbonyl (C=O) groups is 3. The number of benzene rings is 2. The number of alkyl carbamates (subject to hydrolysis) is 1. The van der Waals surface area contributed by atoms with E-state index in [1.54, 1.807) is 0 Å². The van der Waals surface area contributed by atoms with Crippen LogP contribution in [0, 0.1) is 11.8 Å². The first-order chi connectivity index (χ1) is 17.0. The fourth-order valence-corrected chi connectivity index (χ4v) is 6.08. The lowest BCUT2D eigenvalue weighted by atomic mass is 9.98. The molecule has 0 heterocycles. The molecule has 3 aliphatic carbocycles. The standard InChI is InChI=1S/C28H32N2O5/c31-26(29-20-12-10-18(15-20)27(32)33)14-17-9-11-19(13-17)30-28(34)35-16-25-23-7-3-1-5-21(23)22-6-2-4-8-24(22)25/h1-8,17-20,25H,9-16H2,(H,29,31)(H,30,34)(H,32,33)/t17?,18-,19?,20+/m0/s1. The first kappa shape index (κ1) is 23.4. The van der Waals surface area contributed by atoms with E-state index >= 15 is 0 Å². The fraction of sp³-hybridized carbons (Fsp3) is 0.464. The smallest absolute Gasteiger partial charge is 0.407 e. The summed E-state index contributed by atoms with van der Waals surface area (Å²) in [6, 6.07) is 16.5. The van der Waals surface area contributed by atoms with Gasteiger partial charge in [0.2, 0.25) is 5.91 Å². The highest BCUT2D eigenvalue weighted by Crippen LogP contribution is 2.44. The highest BCUT2D eigenvalue weighted by Gasteiger charge is 2.33. The lowest BCUT2D eigenvalue weighted by Crippen LogP contribution is -2.35. The lowest BCUT2D eigenvalue weighted by molar-refractivity contribution is -0.141. The molecule has 2 saturated carbocycles. The van der Waals surface area contributed by atoms with E-state index in [1.807, 2.05) is 24.3 Å². The average Bonchev–Trinajstić information content (AvgIpc) is 3.56. The number of carboxylic acid groups (broad SMARTS) is 1. The summed E-state index contributed by atoms with van der Waals surface area (Å²) < 4.78 is 5.66. The molecule has 7 nitrogen and oxygen atoms in total. The Balaban J connectivity index is 1.07. The second kappa shape index (κ2) is 10.1. The van der Waals surface area contributed by atoms with Crippen LogP contribution in [-0.4, -0.2) is 41.8 Å². The van der Waals surface area contributed by atoms with Gasteiger partial charge >= 0.3 is 12.1 Å². The maximum atomic E-state index is 12.6. The molecule has 2 unspecified atom stereocenters. The maximum Gasteiger partial charge on any atom is 0.407 e. The third-order valence-corrected chi connectivity index (χ3v) is 7.83. The molecule has 0 saturated heterocycles. The van der Waals surface area contributed by atoms with Gasteiger partial charge in [-0.3, -0.25) is 9.59 Å². The Labute approximate surface area is 205 Å². The van der Waals surface area contributed by atoms with Gasteiger partial charge in [-0.05, 0) is 66.7 Å². The van der Waals surface area contributed by atoms with Gasteiger partial charge in [-0.15, -0.1) is 0 Å². The van der Waals surface area contributed by atoms with Crippen molar-refractivity contribution < 1.29 is 24.2 Å². The Hall–Kier alpha value is -3.35. The van der Waals surface area contributed by atoms with Crippen LogP contribution in [0.2, 0.25) is 0 Å². The molecule has 0 bridgehead atoms. The predicted octanol–water partition coefficient (Wildman–Crippen LogP) is 4.45. The van der Waals surface area contributed by atoms with Gasteiger partial charge in [-0.2, -0.15) is 0 Å². The van der Waals surface area contributed by atoms with Crippen molar-refractivity contribution in [1.29, 1.82) is 0 Å². The molecule has 3 N–H and O–H groups in total. The number of carboxylic acids is 1. The monoisotopic (exact) mass is 476 g/mol. The van der Waals surface area contributed by atoms with Crippen LogP contribution in [0.25, 0.3) is 11.1 Å². The average molecular weight is 477 g/mol. The number of carbonyl (C=O) groups excluding carboxylic acids is 2. The van der Waals surface area contributed by atoms with Gasteiger partial charge in [0.05, 0.1) is 5.92 Å². The topological polar surface area (TPSA) is 105 Å². The van der Waals surface area contributed by atoms with Crippen LogP contribution in [0.5, 0.6) is 0 Å². The molecule has 0 spiro atoms. The number of rotatable bonds is 7. The molecule has 2 fully saturated rings. The maximum absolute atomic E-state index is 12.6. The lowest BCUT2D eigenvalue weighted by Gasteiger charge is -2.17. The molecular weight excluding hydrogens is 444 g/mol. The van der Waals surface area contributed by atoms with E-state index in [2.05, 4.69) is 34.9 Å². The number of ether oxygens (including phenoxy) is 1. The first-order valence-corrected chi connectivity index (χ1v) is 12.6. The Kier molecular flexibility index (Phi) is 6.75. The van der Waals surface area contributed by atoms with Crippen LogP contribution < -0.4 is 10.6 Å². The zero-order chi connectivity index (χ0) is 24.4. The van der Waals surface area contributed by atoms with Gasteiger partial charge in [0.1, 0.15) is 6.61 Å². The van der Waals surface area contributed by atoms with Gasteiger partial charge in [0, 0.05) is 24.4 Å². The zero-order valence-electron chi connectivity index (χ0n) is 19.7. The van der Waals surface area contributed by atoms with Crippen molar-refractivity contribution in [3.63, 3.8) is 0 Å². The molecular formula is C28H32N2O5. The SMILES string of the molecule is O=C(CC1CCC(NC(=O)OCC2c3ccccc3-c3ccccc32)C1)N[C@@H]1CC[C@H](C(=O)O)C1. The Morgan fingerprint density at radius 1 is 0.829 bits per heavy atom. The summed E-state index contributed by atoms with van der Waals surface area (Å²) in [6.07, 6.45) is 4.31. The first-order valence-electron chi connectivity index (χ1n) is 12.6. The Bertz CT molecular complexity index is 1070. The molecule has 0 radical (unpaired) electrons. The molecule has 0 aliphatic heterocycles. The number of hydrogen-bond donors (Lipinski definition) is 3. The van der Waals surface area contributed by atoms with E-state index in [9.17, 15) is 14.4 Å². The number of nitrogens with one attached hydrogen (secondary N) is 2. The minimum Gasteiger partial charge on any atom is -0.481 e. The van der Waals surface area contributed by atoms with Crippen LogP contribution in [0.4, 0.5) is 4.79 Å². The fourth-order valence-electron chi connectivity index (χ4n) is 6.08. The summed E-state index contributed by atoms with van der Waals surface area (Å²) in [5.41, 5.74) is 4.77. The van der Waals surface area contributed by atoms with Crippen molar-refractivity contribution in [3.05, 3.63) is 59.7 Å². The summed E-state index contributed by atoms with van der Waals surface area (Å²) in [6.45, 7) is 0.289. The number of aliphatic carboxylic acids is 1. The van der Waals surface area contributed by atoms with Crippen LogP contribution in [0.15, 0.2) is 48.5 Å². The highest BCUT2D eigenvalue weighted by atomic mass is 16.5. The van der Waals surface area contributed by atoms with Crippen molar-refractivity contribution in [3.8, 4) is 11.1 Å². The van der Waals surface area contributed by atoms with Crippen molar-refractivity contribution in [2.45, 2.75) is 62.9 Å². The van der Waals surface area contributed by atoms with E-state index in [4.69, 9.17) is 9.84 Å². The quantitative estimate of drug-likeness (QED) is 0.548. The zero-order valence-corrected chi connectivity index (χ0v) is 19.7. The minimum absolute atomic E-state index is 0.00585. The minimum atomic E-state index is -0.778. The summed E-state index contributed by atoms with van der Waals surface area (Å²) in [7, 11) is 0. The second-order valence-electron chi connectivity index (χ2n) is 10.2. The molecule has 5 rings (SSSR count). The third kappa shape index (κ3) is 5.19. The molecule has 2 aromatic carbocycles. The Morgan fingerprint density at radius 2 is 1.46 bits per heavy atom. The van der Waals surface area contributed by atoms with E-state index in [0.29, 0.717) is 19.3 Å². The van der Waals surface area contributed by atoms with Crippen LogP contribution in [-0.2, 0) is 14.3 Å². The van der Waals surface area contributed by atoms with Gasteiger partial charge in [-0.25, -0.2) is 4.79 Å². The molecule has 35 heavy (non-hydrogen) atoms. The van der Waals surface area contributed by atoms with Crippen molar-refractivity contribution in [1.82, 2.24) is 10.6 Å². The Morgan fingerprint density at radius 3 is 2.11 bits per heavy atom. The molecule has 7 heteroatoms. The number of fused-ring (bicyclic) bond motifs is 3. The largest absolute Gasteiger partial charge is 0.481 e. The second-order valence-corrected chi connectivity index (χ2v) is 10.2. The third-order valence-electron chi connectivity index (χ3n) is 7.83. The normalized spacial score (nSPS) is 25.0. The van der Waals surface area contributed by atoms with Gasteiger partial charge in [0.15, 0.2) is 0 Å². The van der Waals surface area contributed by atoms with E-state index < -0.39 is 12.1 Å². The van der Waals surface area contributed by atoms with Crippen LogP contribution in [0.3, 0.4) is 0 Å². The molecule has 2 amide bonds. The summed E-state index contributed by atoms with van der Waals surface area (Å²) in [4.78, 5) is 36.1. The summed E-state index contributed by atoms with van der Waals surface area (Å²) in [5.74, 6) is -0.903. The molecule has 4 atom stereocenters. The summed E-state index contributed by atoms with van der Waals surface area (Å²) in [5, 5.41) is 15.1. The molecule has 3 aliphatic rings. The number of amides is 2. The van der Waals surface area contributed by atoms with Crippen molar-refractivity contribution in [2.75, 3.05) is 6.61 Å². The van der Waals surface area contributed by atoms with Crippen LogP contribution in [0.1, 0.15) is 62.0 Å². The van der Waals surface area contributed by atoms with E-state index in [0.717, 1.165) is 25.7 Å². The van der Waals surface area contributed by atoms with E-state index in [-0.39, 0.29) is 42.4 Å². The van der Waals surface area contributed by atoms with E-state index in [1.165, 1.54) is 22.3 Å². The van der Waals surface area contributed by atoms with Crippen molar-refractivity contribution in [2.24, 2.45) is 11.8 Å².